The Labute approximate surface area is 263 Å². The molecule has 0 spiro atoms. The van der Waals surface area contributed by atoms with Crippen LogP contribution < -0.4 is 0 Å². The maximum Gasteiger partial charge on any atom is 0.303 e. The third-order valence-corrected chi connectivity index (χ3v) is 7.36. The van der Waals surface area contributed by atoms with Crippen LogP contribution in [0.5, 0.6) is 0 Å². The molecule has 43 heavy (non-hydrogen) atoms. The van der Waals surface area contributed by atoms with E-state index in [0.717, 1.165) is 29.9 Å². The van der Waals surface area contributed by atoms with Crippen molar-refractivity contribution in [3.63, 3.8) is 0 Å². The van der Waals surface area contributed by atoms with Crippen LogP contribution in [0.25, 0.3) is 0 Å². The van der Waals surface area contributed by atoms with Crippen LogP contribution in [-0.4, -0.2) is 92.1 Å². The van der Waals surface area contributed by atoms with Crippen molar-refractivity contribution < 1.29 is 61.9 Å². The average molecular weight is 721 g/mol. The molecule has 13 nitrogen and oxygen atoms in total. The number of carbonyl (C=O) groups excluding carboxylic acids is 5. The molecule has 0 saturated carbocycles. The van der Waals surface area contributed by atoms with Gasteiger partial charge in [0.1, 0.15) is 25.4 Å². The summed E-state index contributed by atoms with van der Waals surface area (Å²) in [4.78, 5) is 59.5. The molecule has 14 heteroatoms. The SMILES string of the molecule is CC(=O)OC[C@H]1O[C@H](O[C@H]2CC[C@H](Cc3ccc(I)cc3)O[C@@H]2COC(C)=O)[C@H](OC(C)=O)[C@@H](OC(C)=O)[C@@H]1OC(C)=O. The molecule has 2 fully saturated rings. The second kappa shape index (κ2) is 16.3. The fourth-order valence-electron chi connectivity index (χ4n) is 4.94. The first-order chi connectivity index (χ1) is 20.3. The van der Waals surface area contributed by atoms with E-state index in [9.17, 15) is 24.0 Å². The van der Waals surface area contributed by atoms with Gasteiger partial charge in [-0.05, 0) is 59.5 Å². The molecule has 0 unspecified atom stereocenters. The number of ether oxygens (including phenoxy) is 8. The molecule has 3 rings (SSSR count). The molecule has 2 aliphatic rings. The van der Waals surface area contributed by atoms with Crippen LogP contribution >= 0.6 is 22.6 Å². The van der Waals surface area contributed by atoms with Crippen molar-refractivity contribution in [1.82, 2.24) is 0 Å². The van der Waals surface area contributed by atoms with Gasteiger partial charge in [-0.15, -0.1) is 0 Å². The zero-order chi connectivity index (χ0) is 31.7. The van der Waals surface area contributed by atoms with Gasteiger partial charge in [-0.1, -0.05) is 12.1 Å². The van der Waals surface area contributed by atoms with Crippen LogP contribution in [0.3, 0.4) is 0 Å². The summed E-state index contributed by atoms with van der Waals surface area (Å²) in [7, 11) is 0. The minimum Gasteiger partial charge on any atom is -0.463 e. The number of hydrogen-bond donors (Lipinski definition) is 0. The van der Waals surface area contributed by atoms with Gasteiger partial charge < -0.3 is 37.9 Å². The van der Waals surface area contributed by atoms with E-state index in [0.29, 0.717) is 19.3 Å². The molecule has 0 bridgehead atoms. The molecule has 1 aromatic carbocycles. The van der Waals surface area contributed by atoms with E-state index in [1.54, 1.807) is 0 Å². The molecular weight excluding hydrogens is 683 g/mol. The molecule has 0 amide bonds. The summed E-state index contributed by atoms with van der Waals surface area (Å²) >= 11 is 2.23. The first-order valence-corrected chi connectivity index (χ1v) is 14.9. The maximum absolute atomic E-state index is 12.2. The molecular formula is C29H37IO13. The van der Waals surface area contributed by atoms with Gasteiger partial charge in [0.25, 0.3) is 0 Å². The summed E-state index contributed by atoms with van der Waals surface area (Å²) in [5, 5.41) is 0. The van der Waals surface area contributed by atoms with Crippen molar-refractivity contribution in [3.8, 4) is 0 Å². The van der Waals surface area contributed by atoms with E-state index in [4.69, 9.17) is 37.9 Å². The Kier molecular flexibility index (Phi) is 13.1. The highest BCUT2D eigenvalue weighted by Gasteiger charge is 2.54. The largest absolute Gasteiger partial charge is 0.463 e. The van der Waals surface area contributed by atoms with Gasteiger partial charge in [0.2, 0.25) is 0 Å². The normalized spacial score (nSPS) is 28.7. The first kappa shape index (κ1) is 34.7. The first-order valence-electron chi connectivity index (χ1n) is 13.8. The highest BCUT2D eigenvalue weighted by molar-refractivity contribution is 14.1. The second-order valence-corrected chi connectivity index (χ2v) is 11.5. The average Bonchev–Trinajstić information content (AvgIpc) is 2.91. The number of rotatable bonds is 11. The van der Waals surface area contributed by atoms with Gasteiger partial charge >= 0.3 is 29.8 Å². The third kappa shape index (κ3) is 11.0. The van der Waals surface area contributed by atoms with Crippen LogP contribution in [0, 0.1) is 3.57 Å². The molecule has 2 heterocycles. The van der Waals surface area contributed by atoms with Crippen molar-refractivity contribution in [2.45, 2.75) is 103 Å². The zero-order valence-electron chi connectivity index (χ0n) is 24.6. The highest BCUT2D eigenvalue weighted by atomic mass is 127. The number of benzene rings is 1. The van der Waals surface area contributed by atoms with Gasteiger partial charge in [0.05, 0.1) is 12.2 Å². The van der Waals surface area contributed by atoms with Crippen LogP contribution in [0.4, 0.5) is 0 Å². The Morgan fingerprint density at radius 3 is 1.79 bits per heavy atom. The van der Waals surface area contributed by atoms with E-state index in [-0.39, 0.29) is 19.3 Å². The number of carbonyl (C=O) groups is 5. The van der Waals surface area contributed by atoms with Crippen molar-refractivity contribution in [2.24, 2.45) is 0 Å². The molecule has 1 aromatic rings. The Morgan fingerprint density at radius 1 is 0.698 bits per heavy atom. The van der Waals surface area contributed by atoms with Crippen molar-refractivity contribution in [1.29, 1.82) is 0 Å². The number of hydrogen-bond acceptors (Lipinski definition) is 13. The van der Waals surface area contributed by atoms with E-state index in [2.05, 4.69) is 22.6 Å². The lowest BCUT2D eigenvalue weighted by atomic mass is 9.95. The van der Waals surface area contributed by atoms with Crippen LogP contribution in [0.1, 0.15) is 53.0 Å². The molecule has 0 N–H and O–H groups in total. The molecule has 8 atom stereocenters. The lowest BCUT2D eigenvalue weighted by Gasteiger charge is -2.46. The Morgan fingerprint density at radius 2 is 1.23 bits per heavy atom. The summed E-state index contributed by atoms with van der Waals surface area (Å²) < 4.78 is 46.6. The molecule has 0 aliphatic carbocycles. The fourth-order valence-corrected chi connectivity index (χ4v) is 5.30. The minimum atomic E-state index is -1.38. The quantitative estimate of drug-likeness (QED) is 0.187. The van der Waals surface area contributed by atoms with E-state index < -0.39 is 72.8 Å². The van der Waals surface area contributed by atoms with Gasteiger partial charge in [0, 0.05) is 38.2 Å². The number of halogens is 1. The van der Waals surface area contributed by atoms with Gasteiger partial charge in [-0.2, -0.15) is 0 Å². The Bertz CT molecular complexity index is 1140. The van der Waals surface area contributed by atoms with Crippen molar-refractivity contribution >= 4 is 52.4 Å². The summed E-state index contributed by atoms with van der Waals surface area (Å²) in [5.74, 6) is -3.36. The van der Waals surface area contributed by atoms with E-state index in [1.165, 1.54) is 13.8 Å². The molecule has 2 saturated heterocycles. The van der Waals surface area contributed by atoms with Gasteiger partial charge in [0.15, 0.2) is 24.6 Å². The lowest BCUT2D eigenvalue weighted by Crippen LogP contribution is -2.64. The standard InChI is InChI=1S/C29H37IO13/c1-15(31)36-13-24-23(11-10-22(41-24)12-20-6-8-21(30)9-7-20)42-29-28(40-19(5)35)27(39-18(4)34)26(38-17(3)33)25(43-29)14-37-16(2)32/h6-9,22-29H,10-14H2,1-5H3/t22-,23+,24-,25-,26-,27+,28-,29+/m1/s1. The van der Waals surface area contributed by atoms with Crippen LogP contribution in [0.2, 0.25) is 0 Å². The summed E-state index contributed by atoms with van der Waals surface area (Å²) in [6, 6.07) is 8.05. The summed E-state index contributed by atoms with van der Waals surface area (Å²) in [5.41, 5.74) is 1.08. The van der Waals surface area contributed by atoms with E-state index in [1.807, 2.05) is 24.3 Å². The fraction of sp³-hybridized carbons (Fsp3) is 0.621. The van der Waals surface area contributed by atoms with E-state index >= 15 is 0 Å². The highest BCUT2D eigenvalue weighted by Crippen LogP contribution is 2.33. The maximum atomic E-state index is 12.2. The molecule has 0 radical (unpaired) electrons. The molecule has 0 aromatic heterocycles. The summed E-state index contributed by atoms with van der Waals surface area (Å²) in [6.07, 6.45) is -6.55. The topological polar surface area (TPSA) is 159 Å². The lowest BCUT2D eigenvalue weighted by molar-refractivity contribution is -0.328. The van der Waals surface area contributed by atoms with Crippen molar-refractivity contribution in [2.75, 3.05) is 13.2 Å². The smallest absolute Gasteiger partial charge is 0.303 e. The predicted molar refractivity (Wildman–Crippen MR) is 154 cm³/mol. The Balaban J connectivity index is 1.88. The molecule has 2 aliphatic heterocycles. The second-order valence-electron chi connectivity index (χ2n) is 10.2. The van der Waals surface area contributed by atoms with Crippen LogP contribution in [-0.2, 0) is 68.3 Å². The molecule has 238 valence electrons. The minimum absolute atomic E-state index is 0.117. The van der Waals surface area contributed by atoms with Gasteiger partial charge in [-0.3, -0.25) is 24.0 Å². The van der Waals surface area contributed by atoms with Gasteiger partial charge in [-0.25, -0.2) is 0 Å². The Hall–Kier alpha value is -2.82. The predicted octanol–water partition coefficient (Wildman–Crippen LogP) is 2.41. The van der Waals surface area contributed by atoms with Crippen LogP contribution in [0.15, 0.2) is 24.3 Å². The summed E-state index contributed by atoms with van der Waals surface area (Å²) in [6.45, 7) is 5.40. The number of esters is 5. The third-order valence-electron chi connectivity index (χ3n) is 6.64. The monoisotopic (exact) mass is 720 g/mol. The zero-order valence-corrected chi connectivity index (χ0v) is 26.8. The van der Waals surface area contributed by atoms with Crippen molar-refractivity contribution in [3.05, 3.63) is 33.4 Å².